The molecule has 4 heteroatoms. The average molecular weight is 702 g/mol. The van der Waals surface area contributed by atoms with E-state index in [2.05, 4.69) is 210 Å². The maximum atomic E-state index is 2.64. The van der Waals surface area contributed by atoms with Crippen LogP contribution in [0.25, 0.3) is 49.7 Å². The summed E-state index contributed by atoms with van der Waals surface area (Å²) >= 11 is 0. The summed E-state index contributed by atoms with van der Waals surface area (Å²) < 4.78 is 2.57. The van der Waals surface area contributed by atoms with E-state index in [9.17, 15) is 0 Å². The van der Waals surface area contributed by atoms with Gasteiger partial charge in [-0.15, -0.1) is 0 Å². The lowest BCUT2D eigenvalue weighted by atomic mass is 9.43. The van der Waals surface area contributed by atoms with Crippen LogP contribution in [0.5, 0.6) is 0 Å². The van der Waals surface area contributed by atoms with E-state index in [-0.39, 0.29) is 12.3 Å². The zero-order valence-electron chi connectivity index (χ0n) is 30.7. The van der Waals surface area contributed by atoms with Crippen molar-refractivity contribution < 1.29 is 0 Å². The Labute approximate surface area is 321 Å². The molecule has 0 unspecified atom stereocenters. The van der Waals surface area contributed by atoms with Gasteiger partial charge in [-0.25, -0.2) is 0 Å². The highest BCUT2D eigenvalue weighted by Gasteiger charge is 2.47. The van der Waals surface area contributed by atoms with Crippen LogP contribution in [-0.2, 0) is 5.41 Å². The van der Waals surface area contributed by atoms with E-state index < -0.39 is 0 Å². The molecule has 3 aliphatic rings. The predicted molar refractivity (Wildman–Crippen MR) is 232 cm³/mol. The Kier molecular flexibility index (Phi) is 6.20. The van der Waals surface area contributed by atoms with Crippen molar-refractivity contribution in [1.82, 2.24) is 4.57 Å². The third-order valence-corrected chi connectivity index (χ3v) is 12.5. The van der Waals surface area contributed by atoms with Gasteiger partial charge in [0, 0.05) is 50.2 Å². The first-order chi connectivity index (χ1) is 27.1. The molecule has 0 saturated heterocycles. The van der Waals surface area contributed by atoms with Gasteiger partial charge < -0.3 is 14.3 Å². The Bertz CT molecular complexity index is 2980. The lowest BCUT2D eigenvalue weighted by Gasteiger charge is -2.43. The molecule has 2 aliphatic heterocycles. The number of fused-ring (bicyclic) bond motifs is 12. The number of para-hydroxylation sites is 5. The minimum atomic E-state index is -0.138. The van der Waals surface area contributed by atoms with Crippen LogP contribution in [0.4, 0.5) is 28.4 Å². The molecule has 0 amide bonds. The topological polar surface area (TPSA) is 11.4 Å². The van der Waals surface area contributed by atoms with Gasteiger partial charge in [-0.1, -0.05) is 135 Å². The molecule has 3 nitrogen and oxygen atoms in total. The average Bonchev–Trinajstić information content (AvgIpc) is 3.71. The monoisotopic (exact) mass is 701 g/mol. The molecule has 55 heavy (non-hydrogen) atoms. The second-order valence-electron chi connectivity index (χ2n) is 15.7. The smallest absolute Gasteiger partial charge is 0.333 e. The first kappa shape index (κ1) is 30.7. The highest BCUT2D eigenvalue weighted by molar-refractivity contribution is 6.93. The van der Waals surface area contributed by atoms with Gasteiger partial charge in [-0.05, 0) is 99.4 Å². The minimum Gasteiger partial charge on any atom is -0.376 e. The molecule has 0 atom stereocenters. The zero-order valence-corrected chi connectivity index (χ0v) is 30.7. The maximum absolute atomic E-state index is 2.64. The van der Waals surface area contributed by atoms with Gasteiger partial charge in [0.1, 0.15) is 0 Å². The quantitative estimate of drug-likeness (QED) is 0.169. The number of rotatable bonds is 4. The molecule has 0 radical (unpaired) electrons. The highest BCUT2D eigenvalue weighted by Crippen LogP contribution is 2.58. The zero-order chi connectivity index (χ0) is 36.4. The highest BCUT2D eigenvalue weighted by atomic mass is 15.2. The summed E-state index contributed by atoms with van der Waals surface area (Å²) in [4.78, 5) is 5.11. The van der Waals surface area contributed by atoms with Crippen molar-refractivity contribution in [3.8, 4) is 27.9 Å². The molecule has 3 heterocycles. The Morgan fingerprint density at radius 2 is 1.16 bits per heavy atom. The normalized spacial score (nSPS) is 14.1. The Morgan fingerprint density at radius 1 is 0.527 bits per heavy atom. The fourth-order valence-corrected chi connectivity index (χ4v) is 10.3. The second kappa shape index (κ2) is 11.1. The van der Waals surface area contributed by atoms with E-state index in [1.54, 1.807) is 0 Å². The van der Waals surface area contributed by atoms with E-state index in [1.165, 1.54) is 88.9 Å². The fraction of sp³-hybridized carbons (Fsp3) is 0.0588. The third-order valence-electron chi connectivity index (χ3n) is 12.5. The summed E-state index contributed by atoms with van der Waals surface area (Å²) in [7, 11) is 0. The molecule has 258 valence electrons. The van der Waals surface area contributed by atoms with Crippen molar-refractivity contribution in [2.75, 3.05) is 9.71 Å². The van der Waals surface area contributed by atoms with E-state index in [0.29, 0.717) is 0 Å². The lowest BCUT2D eigenvalue weighted by molar-refractivity contribution is 0.660. The summed E-state index contributed by atoms with van der Waals surface area (Å²) in [5.74, 6) is 0. The van der Waals surface area contributed by atoms with Gasteiger partial charge in [0.2, 0.25) is 0 Å². The number of benzene rings is 8. The van der Waals surface area contributed by atoms with Crippen LogP contribution in [0.2, 0.25) is 0 Å². The van der Waals surface area contributed by atoms with Crippen LogP contribution in [0, 0.1) is 0 Å². The number of anilines is 5. The Morgan fingerprint density at radius 3 is 1.93 bits per heavy atom. The van der Waals surface area contributed by atoms with Gasteiger partial charge in [0.15, 0.2) is 0 Å². The molecule has 1 aliphatic carbocycles. The molecule has 9 aromatic rings. The Hall–Kier alpha value is -6.78. The minimum absolute atomic E-state index is 0.0425. The molecule has 1 aromatic heterocycles. The first-order valence-corrected chi connectivity index (χ1v) is 19.3. The van der Waals surface area contributed by atoms with Crippen molar-refractivity contribution >= 4 is 68.0 Å². The summed E-state index contributed by atoms with van der Waals surface area (Å²) in [6, 6.07) is 67.4. The van der Waals surface area contributed by atoms with E-state index >= 15 is 0 Å². The fourth-order valence-electron chi connectivity index (χ4n) is 10.3. The van der Waals surface area contributed by atoms with Crippen molar-refractivity contribution in [2.24, 2.45) is 0 Å². The maximum Gasteiger partial charge on any atom is 0.333 e. The first-order valence-electron chi connectivity index (χ1n) is 19.3. The summed E-state index contributed by atoms with van der Waals surface area (Å²) in [6.07, 6.45) is 0. The molecule has 0 N–H and O–H groups in total. The molecule has 12 rings (SSSR count). The second-order valence-corrected chi connectivity index (χ2v) is 15.7. The molecular formula is C51H36BN3. The number of hydrogen-bond acceptors (Lipinski definition) is 2. The summed E-state index contributed by atoms with van der Waals surface area (Å²) in [6.45, 7) is 4.74. The third kappa shape index (κ3) is 4.01. The van der Waals surface area contributed by atoms with E-state index in [0.717, 1.165) is 11.4 Å². The van der Waals surface area contributed by atoms with E-state index in [1.807, 2.05) is 0 Å². The summed E-state index contributed by atoms with van der Waals surface area (Å²) in [5, 5.41) is 2.52. The van der Waals surface area contributed by atoms with Gasteiger partial charge in [-0.3, -0.25) is 0 Å². The van der Waals surface area contributed by atoms with Crippen molar-refractivity contribution in [3.63, 3.8) is 0 Å². The summed E-state index contributed by atoms with van der Waals surface area (Å²) in [5.41, 5.74) is 20.2. The molecule has 0 spiro atoms. The standard InChI is InChI=1S/C51H36BN3/c1-51(2)39-26-14-12-24-36(39)46-40(51)30-31-44-47(46)38-32-45(53(33-18-6-3-7-19-33)34-20-8-4-9-21-34)48-37-25-13-16-28-42(37)54-43-29-17-15-27-41(43)52(49(38)50(48)54)55(44)35-22-10-5-11-23-35/h3-32H,1-2H3. The Balaban J connectivity index is 1.33. The van der Waals surface area contributed by atoms with Gasteiger partial charge in [0.25, 0.3) is 0 Å². The SMILES string of the molecule is CC1(C)c2ccccc2-c2c1ccc1c2-c2cc(N(c3ccccc3)c3ccccc3)c3c4ccccc4n4c3c2B(c2ccccc2-4)N1c1ccccc1. The predicted octanol–water partition coefficient (Wildman–Crippen LogP) is 11.8. The van der Waals surface area contributed by atoms with Crippen molar-refractivity contribution in [3.05, 3.63) is 193 Å². The van der Waals surface area contributed by atoms with Crippen LogP contribution < -0.4 is 20.6 Å². The van der Waals surface area contributed by atoms with Crippen molar-refractivity contribution in [1.29, 1.82) is 0 Å². The van der Waals surface area contributed by atoms with Crippen LogP contribution in [0.3, 0.4) is 0 Å². The number of hydrogen-bond donors (Lipinski definition) is 0. The van der Waals surface area contributed by atoms with Crippen LogP contribution in [-0.4, -0.2) is 11.4 Å². The molecule has 8 aromatic carbocycles. The van der Waals surface area contributed by atoms with E-state index in [4.69, 9.17) is 0 Å². The van der Waals surface area contributed by atoms with Crippen LogP contribution in [0.1, 0.15) is 25.0 Å². The van der Waals surface area contributed by atoms with Crippen molar-refractivity contribution in [2.45, 2.75) is 19.3 Å². The van der Waals surface area contributed by atoms with Crippen LogP contribution >= 0.6 is 0 Å². The van der Waals surface area contributed by atoms with Crippen LogP contribution in [0.15, 0.2) is 182 Å². The molecule has 0 fully saturated rings. The molecule has 0 bridgehead atoms. The largest absolute Gasteiger partial charge is 0.376 e. The van der Waals surface area contributed by atoms with Gasteiger partial charge >= 0.3 is 6.85 Å². The van der Waals surface area contributed by atoms with Gasteiger partial charge in [-0.2, -0.15) is 0 Å². The molecular weight excluding hydrogens is 665 g/mol. The number of aromatic nitrogens is 1. The molecule has 0 saturated carbocycles. The van der Waals surface area contributed by atoms with Gasteiger partial charge in [0.05, 0.1) is 16.7 Å². The number of nitrogens with zero attached hydrogens (tertiary/aromatic N) is 3. The lowest BCUT2D eigenvalue weighted by Crippen LogP contribution is -2.60.